The number of imidazole rings is 1. The zero-order valence-corrected chi connectivity index (χ0v) is 17.9. The highest BCUT2D eigenvalue weighted by molar-refractivity contribution is 5.93. The summed E-state index contributed by atoms with van der Waals surface area (Å²) in [5.74, 6) is 0.723. The van der Waals surface area contributed by atoms with Gasteiger partial charge >= 0.3 is 5.97 Å². The Kier molecular flexibility index (Phi) is 5.55. The fraction of sp³-hybridized carbons (Fsp3) is 0.174. The van der Waals surface area contributed by atoms with Crippen molar-refractivity contribution < 1.29 is 28.8 Å². The van der Waals surface area contributed by atoms with Gasteiger partial charge in [-0.2, -0.15) is 0 Å². The summed E-state index contributed by atoms with van der Waals surface area (Å²) in [5, 5.41) is 9.49. The number of benzene rings is 2. The van der Waals surface area contributed by atoms with Crippen LogP contribution >= 0.6 is 0 Å². The van der Waals surface area contributed by atoms with E-state index in [1.165, 1.54) is 13.2 Å². The molecule has 9 heteroatoms. The standard InChI is InChI=1S/C23H21N3O6/c1-29-19-6-5-13(7-15(19)23(27)28)16-10-18-17(11-24-16)25-12-26(18)14-8-20(30-2)22(32-4)21(9-14)31-3/h5-12H,1-4H3,(H,27,28). The number of nitrogens with zero attached hydrogens (tertiary/aromatic N) is 3. The molecule has 2 heterocycles. The number of methoxy groups -OCH3 is 4. The maximum Gasteiger partial charge on any atom is 0.339 e. The number of rotatable bonds is 7. The number of hydrogen-bond donors (Lipinski definition) is 1. The summed E-state index contributed by atoms with van der Waals surface area (Å²) in [7, 11) is 6.09. The fourth-order valence-corrected chi connectivity index (χ4v) is 3.52. The third-order valence-electron chi connectivity index (χ3n) is 5.09. The first kappa shape index (κ1) is 21.0. The van der Waals surface area contributed by atoms with E-state index in [-0.39, 0.29) is 11.3 Å². The molecule has 0 unspecified atom stereocenters. The summed E-state index contributed by atoms with van der Waals surface area (Å²) in [6, 6.07) is 10.4. The molecule has 0 radical (unpaired) electrons. The Morgan fingerprint density at radius 1 is 0.875 bits per heavy atom. The van der Waals surface area contributed by atoms with Crippen molar-refractivity contribution in [3.05, 3.63) is 54.5 Å². The molecule has 2 aromatic carbocycles. The predicted molar refractivity (Wildman–Crippen MR) is 117 cm³/mol. The molecule has 0 saturated carbocycles. The molecule has 0 aliphatic heterocycles. The molecule has 32 heavy (non-hydrogen) atoms. The van der Waals surface area contributed by atoms with Crippen molar-refractivity contribution in [1.82, 2.24) is 14.5 Å². The number of ether oxygens (including phenoxy) is 4. The van der Waals surface area contributed by atoms with Gasteiger partial charge in [-0.05, 0) is 24.3 Å². The average molecular weight is 435 g/mol. The number of hydrogen-bond acceptors (Lipinski definition) is 7. The first-order valence-corrected chi connectivity index (χ1v) is 9.56. The van der Waals surface area contributed by atoms with Gasteiger partial charge in [0.15, 0.2) is 11.5 Å². The van der Waals surface area contributed by atoms with E-state index in [1.807, 2.05) is 22.8 Å². The van der Waals surface area contributed by atoms with Crippen LogP contribution in [0.2, 0.25) is 0 Å². The Labute approximate surface area is 183 Å². The Morgan fingerprint density at radius 2 is 1.56 bits per heavy atom. The maximum absolute atomic E-state index is 11.6. The smallest absolute Gasteiger partial charge is 0.339 e. The minimum atomic E-state index is -1.08. The van der Waals surface area contributed by atoms with E-state index in [4.69, 9.17) is 18.9 Å². The van der Waals surface area contributed by atoms with Gasteiger partial charge in [-0.1, -0.05) is 0 Å². The fourth-order valence-electron chi connectivity index (χ4n) is 3.52. The van der Waals surface area contributed by atoms with Crippen molar-refractivity contribution in [2.24, 2.45) is 0 Å². The van der Waals surface area contributed by atoms with Gasteiger partial charge < -0.3 is 24.1 Å². The summed E-state index contributed by atoms with van der Waals surface area (Å²) in [4.78, 5) is 20.5. The van der Waals surface area contributed by atoms with Crippen molar-refractivity contribution in [3.63, 3.8) is 0 Å². The van der Waals surface area contributed by atoms with Crippen LogP contribution < -0.4 is 18.9 Å². The van der Waals surface area contributed by atoms with Gasteiger partial charge in [-0.15, -0.1) is 0 Å². The summed E-state index contributed by atoms with van der Waals surface area (Å²) in [5.41, 5.74) is 3.50. The second-order valence-electron chi connectivity index (χ2n) is 6.78. The molecule has 0 bridgehead atoms. The highest BCUT2D eigenvalue weighted by atomic mass is 16.5. The van der Waals surface area contributed by atoms with Crippen LogP contribution in [0, 0.1) is 0 Å². The topological polar surface area (TPSA) is 105 Å². The number of pyridine rings is 1. The molecule has 4 aromatic rings. The number of carboxylic acids is 1. The monoisotopic (exact) mass is 435 g/mol. The normalized spacial score (nSPS) is 10.8. The van der Waals surface area contributed by atoms with Gasteiger partial charge in [0.05, 0.1) is 51.5 Å². The molecule has 1 N–H and O–H groups in total. The van der Waals surface area contributed by atoms with Crippen LogP contribution in [-0.2, 0) is 0 Å². The van der Waals surface area contributed by atoms with Crippen LogP contribution in [0.3, 0.4) is 0 Å². The molecule has 0 atom stereocenters. The van der Waals surface area contributed by atoms with E-state index in [2.05, 4.69) is 9.97 Å². The number of aromatic nitrogens is 3. The lowest BCUT2D eigenvalue weighted by Gasteiger charge is -2.15. The zero-order chi connectivity index (χ0) is 22.8. The zero-order valence-electron chi connectivity index (χ0n) is 17.9. The largest absolute Gasteiger partial charge is 0.496 e. The van der Waals surface area contributed by atoms with E-state index in [9.17, 15) is 9.90 Å². The highest BCUT2D eigenvalue weighted by Crippen LogP contribution is 2.40. The molecule has 0 saturated heterocycles. The molecular formula is C23H21N3O6. The summed E-state index contributed by atoms with van der Waals surface area (Å²) < 4.78 is 23.3. The molecule has 0 fully saturated rings. The third kappa shape index (κ3) is 3.53. The number of fused-ring (bicyclic) bond motifs is 1. The van der Waals surface area contributed by atoms with Crippen LogP contribution in [0.15, 0.2) is 48.9 Å². The molecule has 164 valence electrons. The Balaban J connectivity index is 1.86. The molecule has 0 aliphatic rings. The summed E-state index contributed by atoms with van der Waals surface area (Å²) in [6.45, 7) is 0. The van der Waals surface area contributed by atoms with Gasteiger partial charge in [0, 0.05) is 17.7 Å². The molecule has 4 rings (SSSR count). The lowest BCUT2D eigenvalue weighted by Crippen LogP contribution is -2.01. The average Bonchev–Trinajstić information content (AvgIpc) is 3.25. The van der Waals surface area contributed by atoms with E-state index in [0.717, 1.165) is 11.2 Å². The summed E-state index contributed by atoms with van der Waals surface area (Å²) in [6.07, 6.45) is 3.32. The van der Waals surface area contributed by atoms with Crippen LogP contribution in [0.25, 0.3) is 28.0 Å². The van der Waals surface area contributed by atoms with Gasteiger partial charge in [0.2, 0.25) is 5.75 Å². The Morgan fingerprint density at radius 3 is 2.16 bits per heavy atom. The van der Waals surface area contributed by atoms with E-state index in [0.29, 0.717) is 34.0 Å². The maximum atomic E-state index is 11.6. The lowest BCUT2D eigenvalue weighted by atomic mass is 10.1. The van der Waals surface area contributed by atoms with E-state index >= 15 is 0 Å². The van der Waals surface area contributed by atoms with Gasteiger partial charge in [-0.3, -0.25) is 9.55 Å². The van der Waals surface area contributed by atoms with Gasteiger partial charge in [0.1, 0.15) is 23.2 Å². The SMILES string of the molecule is COc1ccc(-c2cc3c(cn2)ncn3-c2cc(OC)c(OC)c(OC)c2)cc1C(=O)O. The van der Waals surface area contributed by atoms with Crippen molar-refractivity contribution in [3.8, 4) is 39.9 Å². The molecule has 0 amide bonds. The second kappa shape index (κ2) is 8.46. The van der Waals surface area contributed by atoms with Crippen LogP contribution in [0.5, 0.6) is 23.0 Å². The molecule has 2 aromatic heterocycles. The van der Waals surface area contributed by atoms with Crippen molar-refractivity contribution in [1.29, 1.82) is 0 Å². The van der Waals surface area contributed by atoms with Gasteiger partial charge in [-0.25, -0.2) is 9.78 Å². The second-order valence-corrected chi connectivity index (χ2v) is 6.78. The minimum Gasteiger partial charge on any atom is -0.496 e. The minimum absolute atomic E-state index is 0.0602. The highest BCUT2D eigenvalue weighted by Gasteiger charge is 2.17. The predicted octanol–water partition coefficient (Wildman–Crippen LogP) is 3.82. The summed E-state index contributed by atoms with van der Waals surface area (Å²) >= 11 is 0. The van der Waals surface area contributed by atoms with Crippen molar-refractivity contribution in [2.45, 2.75) is 0 Å². The van der Waals surface area contributed by atoms with Gasteiger partial charge in [0.25, 0.3) is 0 Å². The molecular weight excluding hydrogens is 414 g/mol. The molecule has 9 nitrogen and oxygen atoms in total. The van der Waals surface area contributed by atoms with Crippen LogP contribution in [0.4, 0.5) is 0 Å². The Bertz CT molecular complexity index is 1290. The third-order valence-corrected chi connectivity index (χ3v) is 5.09. The van der Waals surface area contributed by atoms with Crippen LogP contribution in [0.1, 0.15) is 10.4 Å². The quantitative estimate of drug-likeness (QED) is 0.467. The lowest BCUT2D eigenvalue weighted by molar-refractivity contribution is 0.0693. The number of aromatic carboxylic acids is 1. The first-order chi connectivity index (χ1) is 15.5. The Hall–Kier alpha value is -4.27. The first-order valence-electron chi connectivity index (χ1n) is 9.56. The molecule has 0 spiro atoms. The van der Waals surface area contributed by atoms with E-state index in [1.54, 1.807) is 46.0 Å². The number of carboxylic acid groups (broad SMARTS) is 1. The van der Waals surface area contributed by atoms with E-state index < -0.39 is 5.97 Å². The number of carbonyl (C=O) groups is 1. The molecule has 0 aliphatic carbocycles. The van der Waals surface area contributed by atoms with Crippen molar-refractivity contribution in [2.75, 3.05) is 28.4 Å². The van der Waals surface area contributed by atoms with Crippen molar-refractivity contribution >= 4 is 17.0 Å². The van der Waals surface area contributed by atoms with Crippen LogP contribution in [-0.4, -0.2) is 54.1 Å².